The summed E-state index contributed by atoms with van der Waals surface area (Å²) in [6.45, 7) is 7.57. The minimum atomic E-state index is -0.827. The van der Waals surface area contributed by atoms with E-state index in [9.17, 15) is 9.90 Å². The van der Waals surface area contributed by atoms with Crippen molar-refractivity contribution in [3.05, 3.63) is 89.5 Å². The van der Waals surface area contributed by atoms with Crippen LogP contribution in [0, 0.1) is 0 Å². The molecular weight excluding hydrogens is 468 g/mol. The SMILES string of the molecule is CCc1ccc(CC(C)(C)NC[C@@H](O)CN(C)Sc2cccc(-c3ccc(CC(=O)O)cc3)c2)cc1. The van der Waals surface area contributed by atoms with Gasteiger partial charge in [0.2, 0.25) is 0 Å². The molecule has 0 saturated carbocycles. The molecule has 0 aromatic heterocycles. The van der Waals surface area contributed by atoms with Crippen LogP contribution in [0.4, 0.5) is 0 Å². The Bertz CT molecular complexity index is 1110. The molecule has 0 aliphatic carbocycles. The number of rotatable bonds is 13. The predicted octanol–water partition coefficient (Wildman–Crippen LogP) is 5.45. The predicted molar refractivity (Wildman–Crippen MR) is 149 cm³/mol. The van der Waals surface area contributed by atoms with Gasteiger partial charge in [-0.05, 0) is 85.6 Å². The summed E-state index contributed by atoms with van der Waals surface area (Å²) < 4.78 is 2.05. The van der Waals surface area contributed by atoms with Crippen molar-refractivity contribution >= 4 is 17.9 Å². The number of nitrogens with zero attached hydrogens (tertiary/aromatic N) is 1. The Morgan fingerprint density at radius 1 is 0.972 bits per heavy atom. The molecule has 0 radical (unpaired) electrons. The van der Waals surface area contributed by atoms with Crippen LogP contribution in [-0.4, -0.2) is 52.3 Å². The number of β-amino-alcohol motifs (C(OH)–C–C–N with tert-alkyl or cyclic N) is 1. The molecule has 0 spiro atoms. The van der Waals surface area contributed by atoms with Crippen LogP contribution >= 0.6 is 11.9 Å². The fourth-order valence-corrected chi connectivity index (χ4v) is 5.09. The number of benzene rings is 3. The number of aryl methyl sites for hydroxylation is 1. The van der Waals surface area contributed by atoms with Gasteiger partial charge < -0.3 is 15.5 Å². The van der Waals surface area contributed by atoms with Crippen molar-refractivity contribution in [1.82, 2.24) is 9.62 Å². The van der Waals surface area contributed by atoms with Crippen molar-refractivity contribution in [2.45, 2.75) is 56.6 Å². The van der Waals surface area contributed by atoms with Crippen molar-refractivity contribution in [3.63, 3.8) is 0 Å². The van der Waals surface area contributed by atoms with Crippen LogP contribution in [0.5, 0.6) is 0 Å². The van der Waals surface area contributed by atoms with Crippen LogP contribution in [0.25, 0.3) is 11.1 Å². The average molecular weight is 507 g/mol. The van der Waals surface area contributed by atoms with E-state index in [4.69, 9.17) is 5.11 Å². The Balaban J connectivity index is 1.49. The summed E-state index contributed by atoms with van der Waals surface area (Å²) in [5.74, 6) is -0.827. The summed E-state index contributed by atoms with van der Waals surface area (Å²) in [6.07, 6.45) is 1.49. The highest BCUT2D eigenvalue weighted by Gasteiger charge is 2.20. The maximum atomic E-state index is 10.9. The number of aliphatic carboxylic acids is 1. The number of hydrogen-bond acceptors (Lipinski definition) is 5. The van der Waals surface area contributed by atoms with Crippen LogP contribution in [-0.2, 0) is 24.1 Å². The van der Waals surface area contributed by atoms with Gasteiger partial charge >= 0.3 is 5.97 Å². The van der Waals surface area contributed by atoms with Crippen LogP contribution in [0.3, 0.4) is 0 Å². The van der Waals surface area contributed by atoms with Crippen molar-refractivity contribution in [2.24, 2.45) is 0 Å². The van der Waals surface area contributed by atoms with E-state index in [2.05, 4.69) is 66.8 Å². The number of carbonyl (C=O) groups is 1. The lowest BCUT2D eigenvalue weighted by Crippen LogP contribution is -2.46. The van der Waals surface area contributed by atoms with Crippen LogP contribution in [0.2, 0.25) is 0 Å². The molecule has 6 heteroatoms. The minimum absolute atomic E-state index is 0.0292. The summed E-state index contributed by atoms with van der Waals surface area (Å²) in [6, 6.07) is 24.7. The van der Waals surface area contributed by atoms with E-state index in [-0.39, 0.29) is 12.0 Å². The highest BCUT2D eigenvalue weighted by atomic mass is 32.2. The Morgan fingerprint density at radius 2 is 1.61 bits per heavy atom. The number of aliphatic hydroxyl groups is 1. The third kappa shape index (κ3) is 9.10. The number of hydrogen-bond donors (Lipinski definition) is 3. The Morgan fingerprint density at radius 3 is 2.25 bits per heavy atom. The molecule has 3 aromatic rings. The first-order chi connectivity index (χ1) is 17.1. The lowest BCUT2D eigenvalue weighted by atomic mass is 9.94. The van der Waals surface area contributed by atoms with Crippen LogP contribution in [0.1, 0.15) is 37.5 Å². The second-order valence-electron chi connectivity index (χ2n) is 9.96. The van der Waals surface area contributed by atoms with Gasteiger partial charge in [0.25, 0.3) is 0 Å². The molecule has 1 atom stereocenters. The molecule has 0 saturated heterocycles. The van der Waals surface area contributed by atoms with Gasteiger partial charge in [0.15, 0.2) is 0 Å². The zero-order chi connectivity index (χ0) is 26.1. The highest BCUT2D eigenvalue weighted by Crippen LogP contribution is 2.27. The van der Waals surface area contributed by atoms with Gasteiger partial charge in [0.05, 0.1) is 12.5 Å². The van der Waals surface area contributed by atoms with Crippen molar-refractivity contribution in [1.29, 1.82) is 0 Å². The fourth-order valence-electron chi connectivity index (χ4n) is 4.16. The third-order valence-corrected chi connectivity index (χ3v) is 7.02. The number of carboxylic acid groups (broad SMARTS) is 1. The van der Waals surface area contributed by atoms with Crippen LogP contribution < -0.4 is 5.32 Å². The van der Waals surface area contributed by atoms with Gasteiger partial charge in [-0.3, -0.25) is 4.79 Å². The van der Waals surface area contributed by atoms with Gasteiger partial charge in [0.1, 0.15) is 0 Å². The van der Waals surface area contributed by atoms with Crippen molar-refractivity contribution < 1.29 is 15.0 Å². The Hall–Kier alpha value is -2.64. The Kier molecular flexibility index (Phi) is 10.1. The van der Waals surface area contributed by atoms with E-state index < -0.39 is 12.1 Å². The molecule has 0 heterocycles. The molecule has 5 nitrogen and oxygen atoms in total. The van der Waals surface area contributed by atoms with Gasteiger partial charge in [-0.1, -0.05) is 67.6 Å². The highest BCUT2D eigenvalue weighted by molar-refractivity contribution is 7.97. The first-order valence-corrected chi connectivity index (χ1v) is 13.2. The molecule has 3 aromatic carbocycles. The fraction of sp³-hybridized carbons (Fsp3) is 0.367. The minimum Gasteiger partial charge on any atom is -0.481 e. The molecule has 0 aliphatic rings. The molecule has 3 rings (SSSR count). The smallest absolute Gasteiger partial charge is 0.307 e. The zero-order valence-corrected chi connectivity index (χ0v) is 22.5. The second-order valence-corrected chi connectivity index (χ2v) is 11.2. The second kappa shape index (κ2) is 13.1. The summed E-state index contributed by atoms with van der Waals surface area (Å²) in [7, 11) is 1.99. The first kappa shape index (κ1) is 27.9. The molecule has 0 bridgehead atoms. The number of nitrogens with one attached hydrogen (secondary N) is 1. The maximum absolute atomic E-state index is 10.9. The largest absolute Gasteiger partial charge is 0.481 e. The van der Waals surface area contributed by atoms with E-state index >= 15 is 0 Å². The normalized spacial score (nSPS) is 12.6. The summed E-state index contributed by atoms with van der Waals surface area (Å²) in [4.78, 5) is 12.0. The number of likely N-dealkylation sites (N-methyl/N-ethyl adjacent to an activating group) is 1. The van der Waals surface area contributed by atoms with Gasteiger partial charge in [-0.15, -0.1) is 0 Å². The van der Waals surface area contributed by atoms with E-state index in [1.807, 2.05) is 43.4 Å². The topological polar surface area (TPSA) is 72.8 Å². The maximum Gasteiger partial charge on any atom is 0.307 e. The average Bonchev–Trinajstić information content (AvgIpc) is 2.83. The lowest BCUT2D eigenvalue weighted by Gasteiger charge is -2.29. The first-order valence-electron chi connectivity index (χ1n) is 12.4. The summed E-state index contributed by atoms with van der Waals surface area (Å²) in [5.41, 5.74) is 5.44. The van der Waals surface area contributed by atoms with E-state index in [0.29, 0.717) is 13.1 Å². The van der Waals surface area contributed by atoms with E-state index in [0.717, 1.165) is 34.4 Å². The number of aliphatic hydroxyl groups excluding tert-OH is 1. The molecule has 0 fully saturated rings. The summed E-state index contributed by atoms with van der Waals surface area (Å²) >= 11 is 1.60. The zero-order valence-electron chi connectivity index (χ0n) is 21.7. The van der Waals surface area contributed by atoms with Gasteiger partial charge in [-0.2, -0.15) is 0 Å². The standard InChI is InChI=1S/C30H38N2O3S/c1-5-22-9-11-24(12-10-22)19-30(2,3)31-20-27(33)21-32(4)36-28-8-6-7-26(18-28)25-15-13-23(14-16-25)17-29(34)35/h6-16,18,27,31,33H,5,17,19-21H2,1-4H3,(H,34,35)/t27-/m1/s1. The van der Waals surface area contributed by atoms with Crippen molar-refractivity contribution in [2.75, 3.05) is 20.1 Å². The van der Waals surface area contributed by atoms with E-state index in [1.165, 1.54) is 11.1 Å². The van der Waals surface area contributed by atoms with E-state index in [1.54, 1.807) is 11.9 Å². The van der Waals surface area contributed by atoms with Gasteiger partial charge in [0, 0.05) is 23.5 Å². The Labute approximate surface area is 219 Å². The van der Waals surface area contributed by atoms with Crippen LogP contribution in [0.15, 0.2) is 77.7 Å². The summed E-state index contributed by atoms with van der Waals surface area (Å²) in [5, 5.41) is 23.1. The monoisotopic (exact) mass is 506 g/mol. The molecule has 0 amide bonds. The molecule has 0 aliphatic heterocycles. The molecule has 3 N–H and O–H groups in total. The van der Waals surface area contributed by atoms with Crippen molar-refractivity contribution in [3.8, 4) is 11.1 Å². The molecule has 36 heavy (non-hydrogen) atoms. The molecule has 0 unspecified atom stereocenters. The molecule has 192 valence electrons. The lowest BCUT2D eigenvalue weighted by molar-refractivity contribution is -0.136. The third-order valence-electron chi connectivity index (χ3n) is 6.10. The quantitative estimate of drug-likeness (QED) is 0.268. The molecular formula is C30H38N2O3S. The number of carboxylic acids is 1. The van der Waals surface area contributed by atoms with Gasteiger partial charge in [-0.25, -0.2) is 4.31 Å².